The van der Waals surface area contributed by atoms with Crippen molar-refractivity contribution in [3.8, 4) is 22.9 Å². The highest BCUT2D eigenvalue weighted by atomic mass is 19.1. The van der Waals surface area contributed by atoms with Gasteiger partial charge in [-0.25, -0.2) is 13.6 Å². The van der Waals surface area contributed by atoms with Gasteiger partial charge in [0.2, 0.25) is 12.6 Å². The number of hydrogen-bond donors (Lipinski definition) is 1. The fourth-order valence-electron chi connectivity index (χ4n) is 4.34. The van der Waals surface area contributed by atoms with Crippen molar-refractivity contribution in [1.29, 1.82) is 0 Å². The summed E-state index contributed by atoms with van der Waals surface area (Å²) in [6, 6.07) is 15.5. The van der Waals surface area contributed by atoms with Crippen LogP contribution in [0.3, 0.4) is 0 Å². The molecule has 8 nitrogen and oxygen atoms in total. The summed E-state index contributed by atoms with van der Waals surface area (Å²) in [6.07, 6.45) is 0. The molecular weight excluding hydrogens is 470 g/mol. The Morgan fingerprint density at radius 2 is 1.78 bits per heavy atom. The third-order valence-electron chi connectivity index (χ3n) is 6.04. The van der Waals surface area contributed by atoms with Crippen LogP contribution < -0.4 is 19.7 Å². The molecule has 1 unspecified atom stereocenters. The molecule has 1 aromatic heterocycles. The second-order valence-corrected chi connectivity index (χ2v) is 8.24. The first-order valence-corrected chi connectivity index (χ1v) is 11.0. The highest BCUT2D eigenvalue weighted by molar-refractivity contribution is 6.01. The van der Waals surface area contributed by atoms with E-state index in [1.165, 1.54) is 41.3 Å². The normalized spacial score (nSPS) is 16.9. The molecule has 0 spiro atoms. The Hall–Kier alpha value is -4.73. The lowest BCUT2D eigenvalue weighted by molar-refractivity contribution is 0.174. The Kier molecular flexibility index (Phi) is 5.14. The molecule has 1 atom stereocenters. The average Bonchev–Trinajstić information content (AvgIpc) is 3.54. The summed E-state index contributed by atoms with van der Waals surface area (Å²) in [5.74, 6) is 0.747. The number of rotatable bonds is 4. The molecule has 3 aromatic carbocycles. The van der Waals surface area contributed by atoms with Gasteiger partial charge in [0.1, 0.15) is 11.6 Å². The fraction of sp³-hybridized carbons (Fsp3) is 0.115. The van der Waals surface area contributed by atoms with Gasteiger partial charge in [0, 0.05) is 11.3 Å². The Balaban J connectivity index is 1.47. The van der Waals surface area contributed by atoms with Crippen molar-refractivity contribution >= 4 is 17.3 Å². The standard InChI is InChI=1S/C26H18F2N4O4/c1-14-22(25-30-24(31-36-25)16-5-10-20-21(12-16)35-13-34-20)23(15-3-2-4-18(28)11-15)29-26(33)32(14)19-8-6-17(27)7-9-19/h2-12,23H,13H2,1H3,(H,29,33). The van der Waals surface area contributed by atoms with Gasteiger partial charge in [0.05, 0.1) is 17.3 Å². The Morgan fingerprint density at radius 1 is 0.972 bits per heavy atom. The smallest absolute Gasteiger partial charge is 0.326 e. The lowest BCUT2D eigenvalue weighted by atomic mass is 9.94. The number of benzene rings is 3. The van der Waals surface area contributed by atoms with Gasteiger partial charge in [0.25, 0.3) is 5.89 Å². The van der Waals surface area contributed by atoms with Gasteiger partial charge in [-0.3, -0.25) is 4.90 Å². The molecule has 2 aliphatic heterocycles. The molecule has 4 aromatic rings. The maximum absolute atomic E-state index is 14.1. The van der Waals surface area contributed by atoms with Crippen LogP contribution in [0, 0.1) is 11.6 Å². The number of hydrogen-bond acceptors (Lipinski definition) is 6. The molecule has 0 fully saturated rings. The van der Waals surface area contributed by atoms with E-state index in [-0.39, 0.29) is 12.7 Å². The van der Waals surface area contributed by atoms with E-state index < -0.39 is 23.7 Å². The number of anilines is 1. The molecule has 2 aliphatic rings. The van der Waals surface area contributed by atoms with Crippen molar-refractivity contribution in [2.45, 2.75) is 13.0 Å². The van der Waals surface area contributed by atoms with Crippen molar-refractivity contribution in [3.05, 3.63) is 95.5 Å². The van der Waals surface area contributed by atoms with Gasteiger partial charge >= 0.3 is 6.03 Å². The topological polar surface area (TPSA) is 89.7 Å². The molecule has 36 heavy (non-hydrogen) atoms. The largest absolute Gasteiger partial charge is 0.454 e. The van der Waals surface area contributed by atoms with E-state index in [9.17, 15) is 13.6 Å². The summed E-state index contributed by atoms with van der Waals surface area (Å²) in [5.41, 5.74) is 2.53. The Bertz CT molecular complexity index is 1520. The Morgan fingerprint density at radius 3 is 2.58 bits per heavy atom. The van der Waals surface area contributed by atoms with Crippen molar-refractivity contribution in [2.75, 3.05) is 11.7 Å². The van der Waals surface area contributed by atoms with E-state index in [1.54, 1.807) is 37.3 Å². The molecule has 0 bridgehead atoms. The number of ether oxygens (including phenoxy) is 2. The number of amides is 2. The minimum atomic E-state index is -0.769. The quantitative estimate of drug-likeness (QED) is 0.411. The van der Waals surface area contributed by atoms with E-state index in [0.717, 1.165) is 0 Å². The van der Waals surface area contributed by atoms with Crippen molar-refractivity contribution in [2.24, 2.45) is 0 Å². The molecule has 0 saturated heterocycles. The van der Waals surface area contributed by atoms with E-state index in [2.05, 4.69) is 15.5 Å². The van der Waals surface area contributed by atoms with Crippen molar-refractivity contribution in [3.63, 3.8) is 0 Å². The van der Waals surface area contributed by atoms with Crippen molar-refractivity contribution < 1.29 is 27.6 Å². The molecular formula is C26H18F2N4O4. The maximum Gasteiger partial charge on any atom is 0.326 e. The van der Waals surface area contributed by atoms with E-state index in [0.29, 0.717) is 45.4 Å². The van der Waals surface area contributed by atoms with E-state index >= 15 is 0 Å². The van der Waals surface area contributed by atoms with Gasteiger partial charge in [-0.05, 0) is 67.1 Å². The lowest BCUT2D eigenvalue weighted by Gasteiger charge is -2.35. The van der Waals surface area contributed by atoms with Crippen LogP contribution in [-0.4, -0.2) is 23.0 Å². The fourth-order valence-corrected chi connectivity index (χ4v) is 4.34. The number of carbonyl (C=O) groups is 1. The molecule has 3 heterocycles. The van der Waals surface area contributed by atoms with Crippen LogP contribution in [0.15, 0.2) is 77.0 Å². The molecule has 180 valence electrons. The summed E-state index contributed by atoms with van der Waals surface area (Å²) in [7, 11) is 0. The van der Waals surface area contributed by atoms with Gasteiger partial charge in [0.15, 0.2) is 11.5 Å². The predicted molar refractivity (Wildman–Crippen MR) is 125 cm³/mol. The predicted octanol–water partition coefficient (Wildman–Crippen LogP) is 5.45. The number of nitrogens with zero attached hydrogens (tertiary/aromatic N) is 3. The highest BCUT2D eigenvalue weighted by Crippen LogP contribution is 2.40. The van der Waals surface area contributed by atoms with Crippen LogP contribution in [0.25, 0.3) is 17.0 Å². The summed E-state index contributed by atoms with van der Waals surface area (Å²) in [6.45, 7) is 1.85. The van der Waals surface area contributed by atoms with Gasteiger partial charge < -0.3 is 19.3 Å². The first kappa shape index (κ1) is 21.8. The van der Waals surface area contributed by atoms with Gasteiger partial charge in [-0.1, -0.05) is 17.3 Å². The number of aromatic nitrogens is 2. The highest BCUT2D eigenvalue weighted by Gasteiger charge is 2.36. The van der Waals surface area contributed by atoms with Crippen LogP contribution in [-0.2, 0) is 0 Å². The number of halogens is 2. The third kappa shape index (κ3) is 3.72. The summed E-state index contributed by atoms with van der Waals surface area (Å²) < 4.78 is 44.1. The zero-order chi connectivity index (χ0) is 24.8. The van der Waals surface area contributed by atoms with Crippen LogP contribution >= 0.6 is 0 Å². The lowest BCUT2D eigenvalue weighted by Crippen LogP contribution is -2.46. The number of fused-ring (bicyclic) bond motifs is 1. The molecule has 6 rings (SSSR count). The minimum Gasteiger partial charge on any atom is -0.454 e. The maximum atomic E-state index is 14.1. The number of carbonyl (C=O) groups excluding carboxylic acids is 1. The molecule has 2 amide bonds. The zero-order valence-corrected chi connectivity index (χ0v) is 18.9. The first-order chi connectivity index (χ1) is 17.5. The molecule has 0 saturated carbocycles. The molecule has 10 heteroatoms. The number of nitrogens with one attached hydrogen (secondary N) is 1. The molecule has 0 radical (unpaired) electrons. The number of allylic oxidation sites excluding steroid dienone is 1. The van der Waals surface area contributed by atoms with Crippen molar-refractivity contribution in [1.82, 2.24) is 15.5 Å². The van der Waals surface area contributed by atoms with Crippen LogP contribution in [0.2, 0.25) is 0 Å². The third-order valence-corrected chi connectivity index (χ3v) is 6.04. The monoisotopic (exact) mass is 488 g/mol. The van der Waals surface area contributed by atoms with Crippen LogP contribution in [0.5, 0.6) is 11.5 Å². The zero-order valence-electron chi connectivity index (χ0n) is 18.9. The van der Waals surface area contributed by atoms with E-state index in [1.807, 2.05) is 0 Å². The van der Waals surface area contributed by atoms with Crippen LogP contribution in [0.1, 0.15) is 24.4 Å². The summed E-state index contributed by atoms with van der Waals surface area (Å²) >= 11 is 0. The average molecular weight is 488 g/mol. The first-order valence-electron chi connectivity index (χ1n) is 11.0. The second kappa shape index (κ2) is 8.49. The summed E-state index contributed by atoms with van der Waals surface area (Å²) in [4.78, 5) is 19.1. The summed E-state index contributed by atoms with van der Waals surface area (Å²) in [5, 5.41) is 7.01. The second-order valence-electron chi connectivity index (χ2n) is 8.24. The Labute approximate surface area is 203 Å². The van der Waals surface area contributed by atoms with E-state index in [4.69, 9.17) is 14.0 Å². The SMILES string of the molecule is CC1=C(c2nc(-c3ccc4c(c3)OCO4)no2)C(c2cccc(F)c2)NC(=O)N1c1ccc(F)cc1. The number of urea groups is 1. The van der Waals surface area contributed by atoms with Gasteiger partial charge in [-0.2, -0.15) is 4.98 Å². The van der Waals surface area contributed by atoms with Gasteiger partial charge in [-0.15, -0.1) is 0 Å². The molecule has 0 aliphatic carbocycles. The van der Waals surface area contributed by atoms with Crippen LogP contribution in [0.4, 0.5) is 19.3 Å². The molecule has 1 N–H and O–H groups in total. The minimum absolute atomic E-state index is 0.136.